The molecule has 0 bridgehead atoms. The van der Waals surface area contributed by atoms with Crippen molar-refractivity contribution >= 4 is 23.9 Å². The number of unbranched alkanes of at least 4 members (excludes halogenated alkanes) is 1. The van der Waals surface area contributed by atoms with E-state index in [1.807, 2.05) is 32.9 Å². The summed E-state index contributed by atoms with van der Waals surface area (Å²) in [5.41, 5.74) is 3.55. The van der Waals surface area contributed by atoms with Crippen LogP contribution in [0.15, 0.2) is 92.0 Å². The van der Waals surface area contributed by atoms with E-state index in [1.54, 1.807) is 54.6 Å². The van der Waals surface area contributed by atoms with Crippen LogP contribution in [0.2, 0.25) is 0 Å². The van der Waals surface area contributed by atoms with E-state index >= 15 is 0 Å². The molecule has 0 aliphatic carbocycles. The monoisotopic (exact) mass is 646 g/mol. The largest absolute Gasteiger partial charge is 0.494 e. The van der Waals surface area contributed by atoms with Gasteiger partial charge in [0.1, 0.15) is 11.5 Å². The number of benzene rings is 3. The number of carbonyl (C=O) groups is 4. The van der Waals surface area contributed by atoms with Gasteiger partial charge in [-0.15, -0.1) is 0 Å². The Balaban J connectivity index is 0.000000343. The van der Waals surface area contributed by atoms with Gasteiger partial charge >= 0.3 is 23.9 Å². The molecule has 10 nitrogen and oxygen atoms in total. The van der Waals surface area contributed by atoms with E-state index in [1.165, 1.54) is 7.11 Å². The van der Waals surface area contributed by atoms with Crippen LogP contribution in [0.25, 0.3) is 0 Å². The van der Waals surface area contributed by atoms with Crippen molar-refractivity contribution in [3.05, 3.63) is 120 Å². The highest BCUT2D eigenvalue weighted by Crippen LogP contribution is 2.22. The van der Waals surface area contributed by atoms with Crippen molar-refractivity contribution in [2.75, 3.05) is 26.9 Å². The first-order valence-electron chi connectivity index (χ1n) is 15.1. The zero-order valence-electron chi connectivity index (χ0n) is 27.3. The van der Waals surface area contributed by atoms with Gasteiger partial charge in [-0.3, -0.25) is 0 Å². The van der Waals surface area contributed by atoms with Gasteiger partial charge in [-0.1, -0.05) is 49.9 Å². The van der Waals surface area contributed by atoms with E-state index in [0.29, 0.717) is 54.4 Å². The smallest absolute Gasteiger partial charge is 0.343 e. The van der Waals surface area contributed by atoms with Gasteiger partial charge < -0.3 is 28.4 Å². The van der Waals surface area contributed by atoms with Crippen molar-refractivity contribution in [2.24, 2.45) is 0 Å². The molecule has 0 radical (unpaired) electrons. The molecule has 0 N–H and O–H groups in total. The Labute approximate surface area is 275 Å². The van der Waals surface area contributed by atoms with Gasteiger partial charge in [0.15, 0.2) is 0 Å². The summed E-state index contributed by atoms with van der Waals surface area (Å²) in [4.78, 5) is 45.8. The summed E-state index contributed by atoms with van der Waals surface area (Å²) in [6.07, 6.45) is 3.66. The van der Waals surface area contributed by atoms with Gasteiger partial charge in [0.25, 0.3) is 0 Å². The van der Waals surface area contributed by atoms with Crippen LogP contribution in [0.5, 0.6) is 11.5 Å². The highest BCUT2D eigenvalue weighted by atomic mass is 16.7. The van der Waals surface area contributed by atoms with E-state index in [9.17, 15) is 19.2 Å². The number of hydrogen-bond donors (Lipinski definition) is 0. The molecule has 0 spiro atoms. The molecule has 0 aromatic heterocycles. The maximum atomic E-state index is 12.3. The van der Waals surface area contributed by atoms with Gasteiger partial charge in [-0.05, 0) is 81.1 Å². The molecule has 47 heavy (non-hydrogen) atoms. The fraction of sp³-hybridized carbons (Fsp3) is 0.297. The molecule has 3 aromatic carbocycles. The van der Waals surface area contributed by atoms with Gasteiger partial charge in [-0.2, -0.15) is 0 Å². The molecule has 10 heteroatoms. The van der Waals surface area contributed by atoms with Crippen LogP contribution in [0.1, 0.15) is 69.9 Å². The zero-order valence-corrected chi connectivity index (χ0v) is 27.3. The third-order valence-electron chi connectivity index (χ3n) is 6.31. The fourth-order valence-electron chi connectivity index (χ4n) is 3.86. The molecule has 3 rings (SSSR count). The molecule has 0 saturated heterocycles. The fourth-order valence-corrected chi connectivity index (χ4v) is 3.86. The van der Waals surface area contributed by atoms with Crippen molar-refractivity contribution in [1.82, 2.24) is 0 Å². The molecule has 0 heterocycles. The highest BCUT2D eigenvalue weighted by molar-refractivity contribution is 5.91. The Morgan fingerprint density at radius 2 is 1.38 bits per heavy atom. The lowest BCUT2D eigenvalue weighted by molar-refractivity contribution is -0.175. The average molecular weight is 647 g/mol. The number of hydrogen-bond acceptors (Lipinski definition) is 10. The molecular formula is C37H42O10. The van der Waals surface area contributed by atoms with E-state index in [-0.39, 0.29) is 0 Å². The summed E-state index contributed by atoms with van der Waals surface area (Å²) >= 11 is 0. The Morgan fingerprint density at radius 1 is 0.766 bits per heavy atom. The lowest BCUT2D eigenvalue weighted by atomic mass is 10.1. The molecule has 0 aliphatic rings. The second-order valence-corrected chi connectivity index (χ2v) is 10.1. The maximum absolute atomic E-state index is 12.3. The second kappa shape index (κ2) is 20.7. The number of aryl methyl sites for hydroxylation is 2. The van der Waals surface area contributed by atoms with Crippen molar-refractivity contribution in [3.63, 3.8) is 0 Å². The average Bonchev–Trinajstić information content (AvgIpc) is 3.09. The predicted molar refractivity (Wildman–Crippen MR) is 176 cm³/mol. The topological polar surface area (TPSA) is 124 Å². The molecule has 0 saturated carbocycles. The van der Waals surface area contributed by atoms with E-state index in [4.69, 9.17) is 23.7 Å². The van der Waals surface area contributed by atoms with Gasteiger partial charge in [0.2, 0.25) is 6.29 Å². The molecule has 0 amide bonds. The van der Waals surface area contributed by atoms with E-state index in [2.05, 4.69) is 17.9 Å². The lowest BCUT2D eigenvalue weighted by Gasteiger charge is -2.17. The number of ether oxygens (including phenoxy) is 6. The highest BCUT2D eigenvalue weighted by Gasteiger charge is 2.17. The minimum absolute atomic E-state index is 0.345. The molecule has 3 aromatic rings. The summed E-state index contributed by atoms with van der Waals surface area (Å²) in [5, 5.41) is 0. The summed E-state index contributed by atoms with van der Waals surface area (Å²) in [5.74, 6) is -0.588. The van der Waals surface area contributed by atoms with Crippen LogP contribution >= 0.6 is 0 Å². The molecular weight excluding hydrogens is 604 g/mol. The van der Waals surface area contributed by atoms with Crippen LogP contribution < -0.4 is 9.47 Å². The lowest BCUT2D eigenvalue weighted by Crippen LogP contribution is -2.13. The second-order valence-electron chi connectivity index (χ2n) is 10.1. The normalized spacial score (nSPS) is 10.7. The predicted octanol–water partition coefficient (Wildman–Crippen LogP) is 7.04. The van der Waals surface area contributed by atoms with Crippen LogP contribution in [0.3, 0.4) is 0 Å². The van der Waals surface area contributed by atoms with Crippen LogP contribution in [-0.4, -0.2) is 50.8 Å². The zero-order chi connectivity index (χ0) is 34.6. The Hall–Kier alpha value is -5.22. The number of rotatable bonds is 16. The van der Waals surface area contributed by atoms with Crippen LogP contribution in [0.4, 0.5) is 0 Å². The maximum Gasteiger partial charge on any atom is 0.343 e. The summed E-state index contributed by atoms with van der Waals surface area (Å²) in [6, 6.07) is 19.0. The molecule has 1 atom stereocenters. The minimum atomic E-state index is -0.813. The van der Waals surface area contributed by atoms with Crippen molar-refractivity contribution in [2.45, 2.75) is 46.3 Å². The van der Waals surface area contributed by atoms with Crippen molar-refractivity contribution in [1.29, 1.82) is 0 Å². The summed E-state index contributed by atoms with van der Waals surface area (Å²) in [7, 11) is 1.31. The van der Waals surface area contributed by atoms with Crippen molar-refractivity contribution in [3.8, 4) is 11.5 Å². The first-order valence-corrected chi connectivity index (χ1v) is 15.1. The number of methoxy groups -OCH3 is 1. The Bertz CT molecular complexity index is 1480. The van der Waals surface area contributed by atoms with Gasteiger partial charge in [-0.25, -0.2) is 19.2 Å². The van der Waals surface area contributed by atoms with E-state index < -0.39 is 30.2 Å². The third kappa shape index (κ3) is 13.8. The third-order valence-corrected chi connectivity index (χ3v) is 6.31. The molecule has 1 unspecified atom stereocenters. The number of esters is 4. The standard InChI is InChI=1S/C22H24O5.C15H18O5/c1-4-21(23)26-14-6-5-13-25-19-10-8-18(9-11-19)22(24)27-20-12-7-16(2)15-17(20)3;1-4-10-19-15(20-13(16)5-2)12-8-6-11(7-9-12)14(17)18-3/h4,7-12,15H,1,5-6,13-14H2,2-3H3;5-9,15H,2,4,10H2,1,3H3. The Morgan fingerprint density at radius 3 is 1.98 bits per heavy atom. The SMILES string of the molecule is C=CC(=O)OC(OCCC)c1ccc(C(=O)OC)cc1.C=CC(=O)OCCCCOc1ccc(C(=O)Oc2ccc(C)cc2C)cc1. The van der Waals surface area contributed by atoms with E-state index in [0.717, 1.165) is 36.1 Å². The quantitative estimate of drug-likeness (QED) is 0.0400. The first kappa shape index (κ1) is 38.0. The Kier molecular flexibility index (Phi) is 16.8. The summed E-state index contributed by atoms with van der Waals surface area (Å²) < 4.78 is 31.2. The van der Waals surface area contributed by atoms with Gasteiger partial charge in [0.05, 0.1) is 38.1 Å². The molecule has 0 fully saturated rings. The van der Waals surface area contributed by atoms with Crippen LogP contribution in [-0.2, 0) is 28.5 Å². The first-order chi connectivity index (χ1) is 22.6. The minimum Gasteiger partial charge on any atom is -0.494 e. The van der Waals surface area contributed by atoms with Gasteiger partial charge in [0, 0.05) is 17.7 Å². The molecule has 0 aliphatic heterocycles. The molecule has 250 valence electrons. The number of carbonyl (C=O) groups excluding carboxylic acids is 4. The summed E-state index contributed by atoms with van der Waals surface area (Å²) in [6.45, 7) is 13.8. The van der Waals surface area contributed by atoms with Crippen LogP contribution in [0, 0.1) is 13.8 Å². The van der Waals surface area contributed by atoms with Crippen molar-refractivity contribution < 1.29 is 47.6 Å².